The SMILES string of the molecule is COc1ccc(NC(=O)c2ccccc2NC(=O)C[NH+](C)Cc2cccs2)cc1. The fraction of sp³-hybridized carbons (Fsp3) is 0.182. The summed E-state index contributed by atoms with van der Waals surface area (Å²) in [6, 6.07) is 18.1. The van der Waals surface area contributed by atoms with Gasteiger partial charge in [0.1, 0.15) is 12.3 Å². The molecule has 3 rings (SSSR count). The van der Waals surface area contributed by atoms with Crippen molar-refractivity contribution in [1.82, 2.24) is 0 Å². The van der Waals surface area contributed by atoms with Crippen molar-refractivity contribution in [3.8, 4) is 5.75 Å². The van der Waals surface area contributed by atoms with Crippen LogP contribution in [0.4, 0.5) is 11.4 Å². The summed E-state index contributed by atoms with van der Waals surface area (Å²) in [6.07, 6.45) is 0. The molecule has 2 aromatic carbocycles. The molecule has 0 aliphatic rings. The molecular formula is C22H24N3O3S+. The summed E-state index contributed by atoms with van der Waals surface area (Å²) in [5.74, 6) is 0.291. The molecule has 3 aromatic rings. The van der Waals surface area contributed by atoms with Gasteiger partial charge in [-0.3, -0.25) is 9.59 Å². The van der Waals surface area contributed by atoms with E-state index < -0.39 is 0 Å². The van der Waals surface area contributed by atoms with Crippen molar-refractivity contribution < 1.29 is 19.2 Å². The van der Waals surface area contributed by atoms with E-state index in [4.69, 9.17) is 4.74 Å². The molecule has 6 nitrogen and oxygen atoms in total. The largest absolute Gasteiger partial charge is 0.497 e. The van der Waals surface area contributed by atoms with Crippen molar-refractivity contribution in [1.29, 1.82) is 0 Å². The van der Waals surface area contributed by atoms with Gasteiger partial charge in [0.05, 0.1) is 30.3 Å². The van der Waals surface area contributed by atoms with Crippen molar-refractivity contribution in [2.24, 2.45) is 0 Å². The summed E-state index contributed by atoms with van der Waals surface area (Å²) in [4.78, 5) is 27.5. The molecule has 1 unspecified atom stereocenters. The topological polar surface area (TPSA) is 71.9 Å². The molecule has 1 atom stereocenters. The number of amides is 2. The second-order valence-corrected chi connectivity index (χ2v) is 7.70. The van der Waals surface area contributed by atoms with Crippen LogP contribution >= 0.6 is 11.3 Å². The minimum Gasteiger partial charge on any atom is -0.497 e. The summed E-state index contributed by atoms with van der Waals surface area (Å²) < 4.78 is 5.12. The first-order valence-corrected chi connectivity index (χ1v) is 10.1. The van der Waals surface area contributed by atoms with E-state index in [1.54, 1.807) is 67.0 Å². The smallest absolute Gasteiger partial charge is 0.279 e. The minimum absolute atomic E-state index is 0.135. The molecule has 1 aromatic heterocycles. The summed E-state index contributed by atoms with van der Waals surface area (Å²) >= 11 is 1.68. The van der Waals surface area contributed by atoms with E-state index in [1.165, 1.54) is 4.88 Å². The van der Waals surface area contributed by atoms with Gasteiger partial charge in [-0.1, -0.05) is 18.2 Å². The van der Waals surface area contributed by atoms with Gasteiger partial charge in [0.15, 0.2) is 6.54 Å². The Hall–Kier alpha value is -3.16. The third kappa shape index (κ3) is 5.91. The summed E-state index contributed by atoms with van der Waals surface area (Å²) in [6.45, 7) is 1.09. The predicted molar refractivity (Wildman–Crippen MR) is 116 cm³/mol. The fourth-order valence-electron chi connectivity index (χ4n) is 2.90. The Bertz CT molecular complexity index is 956. The minimum atomic E-state index is -0.287. The number of hydrogen-bond acceptors (Lipinski definition) is 4. The summed E-state index contributed by atoms with van der Waals surface area (Å²) in [7, 11) is 3.56. The lowest BCUT2D eigenvalue weighted by molar-refractivity contribution is -0.884. The van der Waals surface area contributed by atoms with E-state index in [0.717, 1.165) is 11.4 Å². The molecule has 7 heteroatoms. The predicted octanol–water partition coefficient (Wildman–Crippen LogP) is 2.66. The van der Waals surface area contributed by atoms with Gasteiger partial charge in [0, 0.05) is 5.69 Å². The maximum atomic E-state index is 12.7. The van der Waals surface area contributed by atoms with E-state index in [-0.39, 0.29) is 11.8 Å². The highest BCUT2D eigenvalue weighted by atomic mass is 32.1. The van der Waals surface area contributed by atoms with Gasteiger partial charge in [-0.05, 0) is 47.8 Å². The summed E-state index contributed by atoms with van der Waals surface area (Å²) in [5, 5.41) is 7.74. The number of para-hydroxylation sites is 1. The fourth-order valence-corrected chi connectivity index (χ4v) is 3.72. The number of likely N-dealkylation sites (N-methyl/N-ethyl adjacent to an activating group) is 1. The number of hydrogen-bond donors (Lipinski definition) is 3. The first-order chi connectivity index (χ1) is 14.0. The Balaban J connectivity index is 1.62. The van der Waals surface area contributed by atoms with Crippen LogP contribution in [0.5, 0.6) is 5.75 Å². The number of thiophene rings is 1. The first kappa shape index (κ1) is 20.6. The van der Waals surface area contributed by atoms with Gasteiger partial charge < -0.3 is 20.3 Å². The van der Waals surface area contributed by atoms with E-state index >= 15 is 0 Å². The third-order valence-electron chi connectivity index (χ3n) is 4.31. The van der Waals surface area contributed by atoms with Gasteiger partial charge in [0.2, 0.25) is 0 Å². The molecular weight excluding hydrogens is 386 g/mol. The highest BCUT2D eigenvalue weighted by Crippen LogP contribution is 2.19. The van der Waals surface area contributed by atoms with E-state index in [1.807, 2.05) is 18.5 Å². The van der Waals surface area contributed by atoms with Crippen molar-refractivity contribution in [3.63, 3.8) is 0 Å². The number of methoxy groups -OCH3 is 1. The number of carbonyl (C=O) groups excluding carboxylic acids is 2. The second kappa shape index (κ2) is 9.86. The van der Waals surface area contributed by atoms with Crippen molar-refractivity contribution in [2.45, 2.75) is 6.54 Å². The first-order valence-electron chi connectivity index (χ1n) is 9.23. The molecule has 3 N–H and O–H groups in total. The van der Waals surface area contributed by atoms with Crippen LogP contribution in [0, 0.1) is 0 Å². The Labute approximate surface area is 174 Å². The molecule has 0 aliphatic carbocycles. The number of carbonyl (C=O) groups is 2. The number of nitrogens with one attached hydrogen (secondary N) is 3. The van der Waals surface area contributed by atoms with Gasteiger partial charge in [-0.15, -0.1) is 11.3 Å². The number of quaternary nitrogens is 1. The maximum Gasteiger partial charge on any atom is 0.279 e. The zero-order valence-electron chi connectivity index (χ0n) is 16.4. The highest BCUT2D eigenvalue weighted by molar-refractivity contribution is 7.09. The lowest BCUT2D eigenvalue weighted by atomic mass is 10.1. The van der Waals surface area contributed by atoms with Crippen LogP contribution in [0.2, 0.25) is 0 Å². The van der Waals surface area contributed by atoms with Crippen LogP contribution < -0.4 is 20.3 Å². The van der Waals surface area contributed by atoms with E-state index in [2.05, 4.69) is 16.7 Å². The number of rotatable bonds is 8. The Kier molecular flexibility index (Phi) is 6.99. The monoisotopic (exact) mass is 410 g/mol. The zero-order valence-corrected chi connectivity index (χ0v) is 17.2. The van der Waals surface area contributed by atoms with Crippen molar-refractivity contribution in [3.05, 3.63) is 76.5 Å². The number of benzene rings is 2. The Morgan fingerprint density at radius 3 is 2.45 bits per heavy atom. The zero-order chi connectivity index (χ0) is 20.6. The molecule has 0 radical (unpaired) electrons. The van der Waals surface area contributed by atoms with Crippen molar-refractivity contribution in [2.75, 3.05) is 31.3 Å². The molecule has 0 fully saturated rings. The molecule has 1 heterocycles. The van der Waals surface area contributed by atoms with Gasteiger partial charge in [-0.2, -0.15) is 0 Å². The molecule has 0 aliphatic heterocycles. The van der Waals surface area contributed by atoms with Gasteiger partial charge in [0.25, 0.3) is 11.8 Å². The standard InChI is InChI=1S/C22H23N3O3S/c1-25(14-18-6-5-13-29-18)15-21(26)24-20-8-4-3-7-19(20)22(27)23-16-9-11-17(28-2)12-10-16/h3-13H,14-15H2,1-2H3,(H,23,27)(H,24,26)/p+1. The molecule has 29 heavy (non-hydrogen) atoms. The average molecular weight is 411 g/mol. The molecule has 0 saturated carbocycles. The molecule has 0 bridgehead atoms. The highest BCUT2D eigenvalue weighted by Gasteiger charge is 2.16. The van der Waals surface area contributed by atoms with Crippen LogP contribution in [0.15, 0.2) is 66.0 Å². The molecule has 0 spiro atoms. The Morgan fingerprint density at radius 2 is 1.76 bits per heavy atom. The molecule has 150 valence electrons. The number of ether oxygens (including phenoxy) is 1. The van der Waals surface area contributed by atoms with Crippen LogP contribution in [0.25, 0.3) is 0 Å². The van der Waals surface area contributed by atoms with Gasteiger partial charge >= 0.3 is 0 Å². The lowest BCUT2D eigenvalue weighted by Gasteiger charge is -2.15. The molecule has 0 saturated heterocycles. The average Bonchev–Trinajstić information content (AvgIpc) is 3.21. The summed E-state index contributed by atoms with van der Waals surface area (Å²) in [5.41, 5.74) is 1.55. The second-order valence-electron chi connectivity index (χ2n) is 6.67. The van der Waals surface area contributed by atoms with Crippen LogP contribution in [0.3, 0.4) is 0 Å². The lowest BCUT2D eigenvalue weighted by Crippen LogP contribution is -3.08. The maximum absolute atomic E-state index is 12.7. The van der Waals surface area contributed by atoms with Crippen LogP contribution in [-0.4, -0.2) is 32.5 Å². The van der Waals surface area contributed by atoms with Crippen LogP contribution in [0.1, 0.15) is 15.2 Å². The van der Waals surface area contributed by atoms with Gasteiger partial charge in [-0.25, -0.2) is 0 Å². The van der Waals surface area contributed by atoms with E-state index in [9.17, 15) is 9.59 Å². The molecule has 2 amide bonds. The number of anilines is 2. The normalized spacial score (nSPS) is 11.5. The van der Waals surface area contributed by atoms with Crippen LogP contribution in [-0.2, 0) is 11.3 Å². The third-order valence-corrected chi connectivity index (χ3v) is 5.19. The quantitative estimate of drug-likeness (QED) is 0.535. The van der Waals surface area contributed by atoms with E-state index in [0.29, 0.717) is 29.2 Å². The van der Waals surface area contributed by atoms with Crippen molar-refractivity contribution >= 4 is 34.5 Å². The Morgan fingerprint density at radius 1 is 1.00 bits per heavy atom.